The van der Waals surface area contributed by atoms with Crippen LogP contribution in [0.15, 0.2) is 41.3 Å². The number of hydrogen-bond acceptors (Lipinski definition) is 5. The van der Waals surface area contributed by atoms with Gasteiger partial charge < -0.3 is 5.11 Å². The van der Waals surface area contributed by atoms with Gasteiger partial charge in [-0.3, -0.25) is 9.58 Å². The highest BCUT2D eigenvalue weighted by Gasteiger charge is 2.22. The summed E-state index contributed by atoms with van der Waals surface area (Å²) in [5, 5.41) is 14.0. The van der Waals surface area contributed by atoms with Crippen molar-refractivity contribution in [3.05, 3.63) is 47.8 Å². The van der Waals surface area contributed by atoms with Gasteiger partial charge in [0.15, 0.2) is 9.84 Å². The van der Waals surface area contributed by atoms with Crippen LogP contribution in [0.2, 0.25) is 0 Å². The molecule has 0 fully saturated rings. The SMILES string of the molecule is CC(O)c1cc2n(n1)CCN(CCS(=O)(=O)c1ccccc1)C2. The first-order chi connectivity index (χ1) is 11.0. The molecule has 1 aliphatic heterocycles. The molecular formula is C16H21N3O3S. The number of fused-ring (bicyclic) bond motifs is 1. The van der Waals surface area contributed by atoms with Crippen molar-refractivity contribution in [1.29, 1.82) is 0 Å². The first-order valence-corrected chi connectivity index (χ1v) is 9.36. The number of aliphatic hydroxyl groups excluding tert-OH is 1. The summed E-state index contributed by atoms with van der Waals surface area (Å²) < 4.78 is 26.6. The predicted molar refractivity (Wildman–Crippen MR) is 86.6 cm³/mol. The van der Waals surface area contributed by atoms with E-state index in [1.165, 1.54) is 0 Å². The minimum atomic E-state index is -3.25. The smallest absolute Gasteiger partial charge is 0.179 e. The summed E-state index contributed by atoms with van der Waals surface area (Å²) in [6.45, 7) is 4.32. The minimum Gasteiger partial charge on any atom is -0.387 e. The van der Waals surface area contributed by atoms with E-state index in [4.69, 9.17) is 0 Å². The van der Waals surface area contributed by atoms with E-state index in [9.17, 15) is 13.5 Å². The van der Waals surface area contributed by atoms with Crippen LogP contribution in [-0.2, 0) is 22.9 Å². The number of aliphatic hydroxyl groups is 1. The van der Waals surface area contributed by atoms with Crippen molar-refractivity contribution in [2.24, 2.45) is 0 Å². The molecule has 6 nitrogen and oxygen atoms in total. The van der Waals surface area contributed by atoms with Crippen LogP contribution in [0.3, 0.4) is 0 Å². The molecule has 0 aliphatic carbocycles. The third kappa shape index (κ3) is 3.63. The Morgan fingerprint density at radius 2 is 2.00 bits per heavy atom. The van der Waals surface area contributed by atoms with E-state index in [0.717, 1.165) is 12.2 Å². The zero-order chi connectivity index (χ0) is 16.4. The second kappa shape index (κ2) is 6.43. The Kier molecular flexibility index (Phi) is 4.52. The highest BCUT2D eigenvalue weighted by molar-refractivity contribution is 7.91. The van der Waals surface area contributed by atoms with E-state index in [-0.39, 0.29) is 5.75 Å². The molecule has 0 amide bonds. The lowest BCUT2D eigenvalue weighted by atomic mass is 10.2. The molecule has 1 aliphatic rings. The average Bonchev–Trinajstić information content (AvgIpc) is 2.97. The van der Waals surface area contributed by atoms with E-state index in [2.05, 4.69) is 10.00 Å². The highest BCUT2D eigenvalue weighted by atomic mass is 32.2. The molecule has 0 saturated heterocycles. The molecule has 1 N–H and O–H groups in total. The van der Waals surface area contributed by atoms with Crippen LogP contribution < -0.4 is 0 Å². The first kappa shape index (κ1) is 16.2. The number of aromatic nitrogens is 2. The maximum absolute atomic E-state index is 12.3. The van der Waals surface area contributed by atoms with Crippen molar-refractivity contribution in [3.8, 4) is 0 Å². The van der Waals surface area contributed by atoms with Gasteiger partial charge in [0.05, 0.1) is 34.7 Å². The Morgan fingerprint density at radius 1 is 1.26 bits per heavy atom. The van der Waals surface area contributed by atoms with Gasteiger partial charge in [-0.05, 0) is 25.1 Å². The Hall–Kier alpha value is -1.70. The molecule has 1 aromatic heterocycles. The predicted octanol–water partition coefficient (Wildman–Crippen LogP) is 1.23. The fourth-order valence-electron chi connectivity index (χ4n) is 2.73. The number of rotatable bonds is 5. The standard InChI is InChI=1S/C16H21N3O3S/c1-13(20)16-11-14-12-18(7-8-19(14)17-16)9-10-23(21,22)15-5-3-2-4-6-15/h2-6,11,13,20H,7-10,12H2,1H3. The van der Waals surface area contributed by atoms with E-state index >= 15 is 0 Å². The topological polar surface area (TPSA) is 75.4 Å². The number of sulfone groups is 1. The van der Waals surface area contributed by atoms with Gasteiger partial charge >= 0.3 is 0 Å². The van der Waals surface area contributed by atoms with Crippen molar-refractivity contribution >= 4 is 9.84 Å². The van der Waals surface area contributed by atoms with Gasteiger partial charge in [0.25, 0.3) is 0 Å². The molecule has 0 saturated carbocycles. The molecule has 1 atom stereocenters. The van der Waals surface area contributed by atoms with Crippen molar-refractivity contribution in [3.63, 3.8) is 0 Å². The van der Waals surface area contributed by atoms with Crippen LogP contribution in [0.1, 0.15) is 24.4 Å². The van der Waals surface area contributed by atoms with Gasteiger partial charge in [-0.1, -0.05) is 18.2 Å². The van der Waals surface area contributed by atoms with Crippen LogP contribution in [0.25, 0.3) is 0 Å². The molecule has 2 heterocycles. The fraction of sp³-hybridized carbons (Fsp3) is 0.438. The van der Waals surface area contributed by atoms with Gasteiger partial charge in [0, 0.05) is 19.6 Å². The molecule has 1 aromatic carbocycles. The summed E-state index contributed by atoms with van der Waals surface area (Å²) in [5.74, 6) is 0.106. The van der Waals surface area contributed by atoms with Crippen LogP contribution in [0.5, 0.6) is 0 Å². The van der Waals surface area contributed by atoms with Crippen LogP contribution in [0, 0.1) is 0 Å². The Balaban J connectivity index is 1.64. The Bertz CT molecular complexity index is 769. The maximum Gasteiger partial charge on any atom is 0.179 e. The average molecular weight is 335 g/mol. The third-order valence-corrected chi connectivity index (χ3v) is 5.81. The molecule has 0 radical (unpaired) electrons. The largest absolute Gasteiger partial charge is 0.387 e. The molecule has 0 bridgehead atoms. The van der Waals surface area contributed by atoms with Crippen molar-refractivity contribution in [1.82, 2.24) is 14.7 Å². The summed E-state index contributed by atoms with van der Waals surface area (Å²) in [6, 6.07) is 10.5. The summed E-state index contributed by atoms with van der Waals surface area (Å²) in [5.41, 5.74) is 1.68. The zero-order valence-electron chi connectivity index (χ0n) is 13.1. The van der Waals surface area contributed by atoms with E-state index in [0.29, 0.717) is 30.2 Å². The van der Waals surface area contributed by atoms with Crippen LogP contribution in [0.4, 0.5) is 0 Å². The van der Waals surface area contributed by atoms with Gasteiger partial charge in [-0.2, -0.15) is 5.10 Å². The zero-order valence-corrected chi connectivity index (χ0v) is 13.9. The van der Waals surface area contributed by atoms with Gasteiger partial charge in [0.1, 0.15) is 0 Å². The number of hydrogen-bond donors (Lipinski definition) is 1. The highest BCUT2D eigenvalue weighted by Crippen LogP contribution is 2.18. The Labute approximate surface area is 136 Å². The summed E-state index contributed by atoms with van der Waals surface area (Å²) in [7, 11) is -3.25. The monoisotopic (exact) mass is 335 g/mol. The second-order valence-electron chi connectivity index (χ2n) is 5.87. The third-order valence-electron chi connectivity index (χ3n) is 4.10. The van der Waals surface area contributed by atoms with Gasteiger partial charge in [0.2, 0.25) is 0 Å². The molecule has 2 aromatic rings. The van der Waals surface area contributed by atoms with Gasteiger partial charge in [-0.25, -0.2) is 8.42 Å². The lowest BCUT2D eigenvalue weighted by molar-refractivity contribution is 0.191. The molecule has 124 valence electrons. The van der Waals surface area contributed by atoms with E-state index in [1.54, 1.807) is 31.2 Å². The second-order valence-corrected chi connectivity index (χ2v) is 7.98. The number of nitrogens with zero attached hydrogens (tertiary/aromatic N) is 3. The minimum absolute atomic E-state index is 0.106. The van der Waals surface area contributed by atoms with Crippen LogP contribution >= 0.6 is 0 Å². The summed E-state index contributed by atoms with van der Waals surface area (Å²) in [4.78, 5) is 2.49. The first-order valence-electron chi connectivity index (χ1n) is 7.70. The summed E-state index contributed by atoms with van der Waals surface area (Å²) in [6.07, 6.45) is -0.583. The van der Waals surface area contributed by atoms with Crippen molar-refractivity contribution in [2.45, 2.75) is 31.0 Å². The lowest BCUT2D eigenvalue weighted by Crippen LogP contribution is -2.36. The van der Waals surface area contributed by atoms with Gasteiger partial charge in [-0.15, -0.1) is 0 Å². The molecule has 1 unspecified atom stereocenters. The molecule has 23 heavy (non-hydrogen) atoms. The van der Waals surface area contributed by atoms with E-state index < -0.39 is 15.9 Å². The Morgan fingerprint density at radius 3 is 2.70 bits per heavy atom. The van der Waals surface area contributed by atoms with E-state index in [1.807, 2.05) is 16.8 Å². The molecule has 0 spiro atoms. The lowest BCUT2D eigenvalue weighted by Gasteiger charge is -2.27. The van der Waals surface area contributed by atoms with Crippen LogP contribution in [-0.4, -0.2) is 47.0 Å². The number of benzene rings is 1. The summed E-state index contributed by atoms with van der Waals surface area (Å²) >= 11 is 0. The fourth-order valence-corrected chi connectivity index (χ4v) is 4.04. The molecule has 7 heteroatoms. The maximum atomic E-state index is 12.3. The molecule has 3 rings (SSSR count). The van der Waals surface area contributed by atoms with Crippen molar-refractivity contribution in [2.75, 3.05) is 18.8 Å². The normalized spacial score (nSPS) is 17.0. The van der Waals surface area contributed by atoms with Crippen molar-refractivity contribution < 1.29 is 13.5 Å². The molecular weight excluding hydrogens is 314 g/mol. The quantitative estimate of drug-likeness (QED) is 0.889.